The molecule has 0 bridgehead atoms. The third-order valence-electron chi connectivity index (χ3n) is 7.52. The Bertz CT molecular complexity index is 808. The van der Waals surface area contributed by atoms with Crippen molar-refractivity contribution in [3.8, 4) is 0 Å². The predicted molar refractivity (Wildman–Crippen MR) is 191 cm³/mol. The molecular formula is C40H68O5. The molecule has 0 aliphatic carbocycles. The van der Waals surface area contributed by atoms with Crippen LogP contribution in [0.4, 0.5) is 0 Å². The van der Waals surface area contributed by atoms with Crippen LogP contribution < -0.4 is 0 Å². The zero-order valence-electron chi connectivity index (χ0n) is 29.1. The largest absolute Gasteiger partial charge is 0.463 e. The summed E-state index contributed by atoms with van der Waals surface area (Å²) < 4.78 is 10.3. The fraction of sp³-hybridized carbons (Fsp3) is 0.700. The molecule has 0 rings (SSSR count). The first-order chi connectivity index (χ1) is 22.1. The van der Waals surface area contributed by atoms with Crippen molar-refractivity contribution < 1.29 is 24.2 Å². The Morgan fingerprint density at radius 2 is 0.844 bits per heavy atom. The first-order valence-corrected chi connectivity index (χ1v) is 18.3. The van der Waals surface area contributed by atoms with E-state index in [2.05, 4.69) is 74.6 Å². The van der Waals surface area contributed by atoms with E-state index in [0.29, 0.717) is 12.8 Å². The maximum absolute atomic E-state index is 11.9. The van der Waals surface area contributed by atoms with Gasteiger partial charge in [-0.05, 0) is 57.8 Å². The molecule has 1 N–H and O–H groups in total. The van der Waals surface area contributed by atoms with Gasteiger partial charge in [0, 0.05) is 12.8 Å². The van der Waals surface area contributed by atoms with Crippen molar-refractivity contribution in [3.05, 3.63) is 60.8 Å². The van der Waals surface area contributed by atoms with Crippen molar-refractivity contribution in [1.82, 2.24) is 0 Å². The van der Waals surface area contributed by atoms with Crippen LogP contribution in [-0.2, 0) is 19.1 Å². The Balaban J connectivity index is 3.54. The molecule has 0 radical (unpaired) electrons. The Morgan fingerprint density at radius 1 is 0.489 bits per heavy atom. The van der Waals surface area contributed by atoms with E-state index in [-0.39, 0.29) is 25.2 Å². The summed E-state index contributed by atoms with van der Waals surface area (Å²) in [5, 5.41) is 9.98. The van der Waals surface area contributed by atoms with Gasteiger partial charge in [-0.3, -0.25) is 9.59 Å². The third-order valence-corrected chi connectivity index (χ3v) is 7.52. The molecule has 5 heteroatoms. The molecule has 0 aromatic heterocycles. The number of rotatable bonds is 32. The van der Waals surface area contributed by atoms with Gasteiger partial charge in [0.25, 0.3) is 0 Å². The number of hydrogen-bond acceptors (Lipinski definition) is 5. The fourth-order valence-corrected chi connectivity index (χ4v) is 4.76. The lowest BCUT2D eigenvalue weighted by Crippen LogP contribution is -2.25. The summed E-state index contributed by atoms with van der Waals surface area (Å²) in [6.07, 6.45) is 45.5. The normalized spacial score (nSPS) is 12.9. The molecule has 5 nitrogen and oxygen atoms in total. The Labute approximate surface area is 277 Å². The van der Waals surface area contributed by atoms with Gasteiger partial charge in [0.2, 0.25) is 0 Å². The van der Waals surface area contributed by atoms with Crippen molar-refractivity contribution in [1.29, 1.82) is 0 Å². The van der Waals surface area contributed by atoms with Gasteiger partial charge in [-0.2, -0.15) is 0 Å². The molecule has 0 aliphatic rings. The number of aliphatic hydroxyl groups is 1. The molecule has 0 aromatic rings. The molecule has 0 aromatic carbocycles. The second-order valence-electron chi connectivity index (χ2n) is 12.0. The molecular weight excluding hydrogens is 560 g/mol. The van der Waals surface area contributed by atoms with Crippen LogP contribution >= 0.6 is 0 Å². The van der Waals surface area contributed by atoms with E-state index in [9.17, 15) is 14.7 Å². The molecule has 0 saturated heterocycles. The van der Waals surface area contributed by atoms with Crippen LogP contribution in [0, 0.1) is 0 Å². The molecule has 0 aliphatic heterocycles. The minimum absolute atomic E-state index is 0.127. The summed E-state index contributed by atoms with van der Waals surface area (Å²) in [7, 11) is 0. The van der Waals surface area contributed by atoms with Crippen LogP contribution in [-0.4, -0.2) is 36.4 Å². The number of esters is 2. The molecule has 0 unspecified atom stereocenters. The second kappa shape index (κ2) is 36.1. The lowest BCUT2D eigenvalue weighted by Gasteiger charge is -2.12. The van der Waals surface area contributed by atoms with Crippen molar-refractivity contribution in [3.63, 3.8) is 0 Å². The Kier molecular flexibility index (Phi) is 34.1. The molecule has 45 heavy (non-hydrogen) atoms. The van der Waals surface area contributed by atoms with Gasteiger partial charge in [0.1, 0.15) is 19.3 Å². The monoisotopic (exact) mass is 629 g/mol. The van der Waals surface area contributed by atoms with E-state index in [1.807, 2.05) is 0 Å². The Hall–Kier alpha value is -2.40. The lowest BCUT2D eigenvalue weighted by atomic mass is 10.0. The summed E-state index contributed by atoms with van der Waals surface area (Å²) in [6, 6.07) is 0. The summed E-state index contributed by atoms with van der Waals surface area (Å²) in [5.41, 5.74) is 0. The number of hydrogen-bond donors (Lipinski definition) is 1. The standard InChI is InChI=1S/C40H68O5/c1-3-5-7-9-11-13-15-17-18-19-20-21-22-23-25-27-29-31-33-35-40(43)45-37-38(41)36-44-39(42)34-32-30-28-26-24-16-14-12-10-8-6-4-2/h5,7,11,13,17-18,20-21,23,25,38,41H,3-4,6,8-10,12,14-16,19,22,24,26-37H2,1-2H3/b7-5-,13-11-,18-17-,21-20-,25-23-/t38-/m1/s1. The van der Waals surface area contributed by atoms with E-state index in [4.69, 9.17) is 9.47 Å². The SMILES string of the molecule is CC/C=C\C/C=C\C/C=C\C/C=C\C/C=C\CCCCCC(=O)OC[C@H](O)COC(=O)CCCCCCCCCCCCCC. The molecule has 0 amide bonds. The Morgan fingerprint density at radius 3 is 1.27 bits per heavy atom. The summed E-state index contributed by atoms with van der Waals surface area (Å²) in [4.78, 5) is 23.8. The summed E-state index contributed by atoms with van der Waals surface area (Å²) in [5.74, 6) is -0.605. The highest BCUT2D eigenvalue weighted by atomic mass is 16.6. The molecule has 0 saturated carbocycles. The first-order valence-electron chi connectivity index (χ1n) is 18.3. The number of carbonyl (C=O) groups excluding carboxylic acids is 2. The molecule has 0 fully saturated rings. The smallest absolute Gasteiger partial charge is 0.305 e. The van der Waals surface area contributed by atoms with Gasteiger partial charge in [0.15, 0.2) is 0 Å². The average molecular weight is 629 g/mol. The minimum Gasteiger partial charge on any atom is -0.463 e. The van der Waals surface area contributed by atoms with Crippen LogP contribution in [0.15, 0.2) is 60.8 Å². The zero-order chi connectivity index (χ0) is 32.9. The quantitative estimate of drug-likeness (QED) is 0.0456. The number of carbonyl (C=O) groups is 2. The highest BCUT2D eigenvalue weighted by molar-refractivity contribution is 5.69. The summed E-state index contributed by atoms with van der Waals surface area (Å²) in [6.45, 7) is 4.14. The van der Waals surface area contributed by atoms with E-state index >= 15 is 0 Å². The number of allylic oxidation sites excluding steroid dienone is 10. The highest BCUT2D eigenvalue weighted by Crippen LogP contribution is 2.13. The van der Waals surface area contributed by atoms with E-state index in [1.54, 1.807) is 0 Å². The average Bonchev–Trinajstić information content (AvgIpc) is 3.04. The van der Waals surface area contributed by atoms with Gasteiger partial charge in [0.05, 0.1) is 0 Å². The van der Waals surface area contributed by atoms with E-state index < -0.39 is 6.10 Å². The second-order valence-corrected chi connectivity index (χ2v) is 12.0. The van der Waals surface area contributed by atoms with Crippen molar-refractivity contribution >= 4 is 11.9 Å². The number of ether oxygens (including phenoxy) is 2. The first kappa shape index (κ1) is 42.6. The minimum atomic E-state index is -0.977. The fourth-order valence-electron chi connectivity index (χ4n) is 4.76. The van der Waals surface area contributed by atoms with Crippen LogP contribution in [0.1, 0.15) is 162 Å². The lowest BCUT2D eigenvalue weighted by molar-refractivity contribution is -0.152. The van der Waals surface area contributed by atoms with E-state index in [1.165, 1.54) is 57.8 Å². The number of aliphatic hydroxyl groups excluding tert-OH is 1. The van der Waals surface area contributed by atoms with Crippen LogP contribution in [0.3, 0.4) is 0 Å². The third kappa shape index (κ3) is 35.9. The van der Waals surface area contributed by atoms with Crippen molar-refractivity contribution in [2.45, 2.75) is 168 Å². The van der Waals surface area contributed by atoms with Gasteiger partial charge in [-0.25, -0.2) is 0 Å². The predicted octanol–water partition coefficient (Wildman–Crippen LogP) is 11.2. The van der Waals surface area contributed by atoms with E-state index in [0.717, 1.165) is 77.0 Å². The van der Waals surface area contributed by atoms with Crippen LogP contribution in [0.2, 0.25) is 0 Å². The van der Waals surface area contributed by atoms with Crippen molar-refractivity contribution in [2.75, 3.05) is 13.2 Å². The van der Waals surface area contributed by atoms with Gasteiger partial charge in [-0.1, -0.05) is 152 Å². The molecule has 258 valence electrons. The van der Waals surface area contributed by atoms with Gasteiger partial charge in [-0.15, -0.1) is 0 Å². The molecule has 1 atom stereocenters. The topological polar surface area (TPSA) is 72.8 Å². The summed E-state index contributed by atoms with van der Waals surface area (Å²) >= 11 is 0. The molecule has 0 heterocycles. The van der Waals surface area contributed by atoms with Crippen LogP contribution in [0.5, 0.6) is 0 Å². The van der Waals surface area contributed by atoms with Gasteiger partial charge < -0.3 is 14.6 Å². The maximum atomic E-state index is 11.9. The van der Waals surface area contributed by atoms with Gasteiger partial charge >= 0.3 is 11.9 Å². The molecule has 0 spiro atoms. The zero-order valence-corrected chi connectivity index (χ0v) is 29.1. The van der Waals surface area contributed by atoms with Crippen LogP contribution in [0.25, 0.3) is 0 Å². The highest BCUT2D eigenvalue weighted by Gasteiger charge is 2.12. The number of unbranched alkanes of at least 4 members (excludes halogenated alkanes) is 14. The van der Waals surface area contributed by atoms with Crippen molar-refractivity contribution in [2.24, 2.45) is 0 Å². The maximum Gasteiger partial charge on any atom is 0.305 e.